The summed E-state index contributed by atoms with van der Waals surface area (Å²) in [5.74, 6) is 3.89. The van der Waals surface area contributed by atoms with Crippen LogP contribution in [-0.4, -0.2) is 10.2 Å². The number of hydrogen-bond donors (Lipinski definition) is 2. The Bertz CT molecular complexity index is 352. The molecular formula is C15H22O2. The molecule has 0 bridgehead atoms. The minimum atomic E-state index is 0.134. The Morgan fingerprint density at radius 3 is 1.94 bits per heavy atom. The lowest BCUT2D eigenvalue weighted by Gasteiger charge is -2.03. The summed E-state index contributed by atoms with van der Waals surface area (Å²) < 4.78 is 0. The molecular weight excluding hydrogens is 212 g/mol. The summed E-state index contributed by atoms with van der Waals surface area (Å²) in [5, 5.41) is 17.4. The number of aromatic hydroxyl groups is 1. The van der Waals surface area contributed by atoms with Crippen molar-refractivity contribution < 1.29 is 10.2 Å². The van der Waals surface area contributed by atoms with Crippen LogP contribution >= 0.6 is 0 Å². The molecule has 2 N–H and O–H groups in total. The molecule has 0 saturated heterocycles. The third-order valence-corrected chi connectivity index (χ3v) is 1.79. The van der Waals surface area contributed by atoms with Crippen LogP contribution in [0.2, 0.25) is 0 Å². The van der Waals surface area contributed by atoms with E-state index in [4.69, 9.17) is 10.2 Å². The molecule has 1 aromatic rings. The summed E-state index contributed by atoms with van der Waals surface area (Å²) in [6.07, 6.45) is 2.69. The predicted octanol–water partition coefficient (Wildman–Crippen LogP) is 3.57. The van der Waals surface area contributed by atoms with Gasteiger partial charge in [-0.15, -0.1) is 0 Å². The van der Waals surface area contributed by atoms with Crippen molar-refractivity contribution in [2.45, 2.75) is 34.1 Å². The number of aliphatic hydroxyl groups excluding tert-OH is 1. The quantitative estimate of drug-likeness (QED) is 0.768. The largest absolute Gasteiger partial charge is 0.508 e. The number of hydrogen-bond acceptors (Lipinski definition) is 2. The van der Waals surface area contributed by atoms with E-state index in [2.05, 4.69) is 26.7 Å². The Kier molecular flexibility index (Phi) is 7.71. The van der Waals surface area contributed by atoms with Gasteiger partial charge in [-0.2, -0.15) is 0 Å². The maximum Gasteiger partial charge on any atom is 0.115 e. The fourth-order valence-corrected chi connectivity index (χ4v) is 1.15. The SMILES string of the molecule is CC(C#CO)Cc1ccc(O)cc1.CC(C)C. The highest BCUT2D eigenvalue weighted by Crippen LogP contribution is 2.12. The first kappa shape index (κ1) is 15.4. The molecule has 2 heteroatoms. The standard InChI is InChI=1S/C11H12O2.C4H10/c1-9(6-7-12)8-10-2-4-11(13)5-3-10;1-4(2)3/h2-5,9,12-13H,8H2,1H3;4H,1-3H3. The van der Waals surface area contributed by atoms with Gasteiger partial charge in [-0.3, -0.25) is 0 Å². The molecule has 0 heterocycles. The average molecular weight is 234 g/mol. The molecule has 1 unspecified atom stereocenters. The smallest absolute Gasteiger partial charge is 0.115 e. The van der Waals surface area contributed by atoms with E-state index in [0.29, 0.717) is 0 Å². The second-order valence-electron chi connectivity index (χ2n) is 4.76. The van der Waals surface area contributed by atoms with Gasteiger partial charge >= 0.3 is 0 Å². The lowest BCUT2D eigenvalue weighted by Crippen LogP contribution is -1.95. The molecule has 2 nitrogen and oxygen atoms in total. The van der Waals surface area contributed by atoms with Crippen molar-refractivity contribution in [2.75, 3.05) is 0 Å². The molecule has 0 radical (unpaired) electrons. The van der Waals surface area contributed by atoms with Crippen molar-refractivity contribution in [3.63, 3.8) is 0 Å². The number of phenolic OH excluding ortho intramolecular Hbond substituents is 1. The fourth-order valence-electron chi connectivity index (χ4n) is 1.15. The number of benzene rings is 1. The Morgan fingerprint density at radius 2 is 1.53 bits per heavy atom. The number of phenols is 1. The molecule has 1 aromatic carbocycles. The predicted molar refractivity (Wildman–Crippen MR) is 71.2 cm³/mol. The van der Waals surface area contributed by atoms with E-state index in [1.165, 1.54) is 0 Å². The van der Waals surface area contributed by atoms with Gasteiger partial charge in [0.05, 0.1) is 0 Å². The maximum atomic E-state index is 9.03. The van der Waals surface area contributed by atoms with Crippen molar-refractivity contribution in [1.29, 1.82) is 0 Å². The van der Waals surface area contributed by atoms with Crippen LogP contribution < -0.4 is 0 Å². The van der Waals surface area contributed by atoms with E-state index < -0.39 is 0 Å². The monoisotopic (exact) mass is 234 g/mol. The third-order valence-electron chi connectivity index (χ3n) is 1.79. The molecule has 94 valence electrons. The Hall–Kier alpha value is -1.62. The van der Waals surface area contributed by atoms with Crippen LogP contribution in [0.3, 0.4) is 0 Å². The molecule has 0 aromatic heterocycles. The van der Waals surface area contributed by atoms with Crippen LogP contribution in [0.1, 0.15) is 33.3 Å². The molecule has 0 aliphatic heterocycles. The Labute approximate surface area is 104 Å². The van der Waals surface area contributed by atoms with Crippen LogP contribution in [-0.2, 0) is 6.42 Å². The average Bonchev–Trinajstić information content (AvgIpc) is 2.21. The topological polar surface area (TPSA) is 40.5 Å². The van der Waals surface area contributed by atoms with Crippen LogP contribution in [0.4, 0.5) is 0 Å². The van der Waals surface area contributed by atoms with Gasteiger partial charge in [0, 0.05) is 5.92 Å². The lowest BCUT2D eigenvalue weighted by molar-refractivity contribution is 0.475. The lowest BCUT2D eigenvalue weighted by atomic mass is 10.0. The molecule has 0 saturated carbocycles. The highest BCUT2D eigenvalue weighted by molar-refractivity contribution is 5.26. The molecule has 17 heavy (non-hydrogen) atoms. The van der Waals surface area contributed by atoms with Gasteiger partial charge in [-0.25, -0.2) is 0 Å². The van der Waals surface area contributed by atoms with E-state index in [-0.39, 0.29) is 11.7 Å². The van der Waals surface area contributed by atoms with Gasteiger partial charge in [-0.1, -0.05) is 45.7 Å². The van der Waals surface area contributed by atoms with Crippen LogP contribution in [0, 0.1) is 23.9 Å². The first-order chi connectivity index (χ1) is 7.95. The van der Waals surface area contributed by atoms with Crippen molar-refractivity contribution in [2.24, 2.45) is 11.8 Å². The summed E-state index contributed by atoms with van der Waals surface area (Å²) in [6.45, 7) is 8.44. The van der Waals surface area contributed by atoms with Crippen molar-refractivity contribution >= 4 is 0 Å². The molecule has 1 rings (SSSR count). The minimum absolute atomic E-state index is 0.134. The maximum absolute atomic E-state index is 9.03. The zero-order chi connectivity index (χ0) is 13.3. The zero-order valence-electron chi connectivity index (χ0n) is 11.1. The van der Waals surface area contributed by atoms with Gasteiger partial charge in [-0.05, 0) is 30.0 Å². The molecule has 0 spiro atoms. The zero-order valence-corrected chi connectivity index (χ0v) is 11.1. The summed E-state index contributed by atoms with van der Waals surface area (Å²) in [5.41, 5.74) is 1.10. The normalized spacial score (nSPS) is 10.9. The third kappa shape index (κ3) is 9.32. The van der Waals surface area contributed by atoms with E-state index in [9.17, 15) is 0 Å². The van der Waals surface area contributed by atoms with Gasteiger partial charge in [0.15, 0.2) is 0 Å². The highest BCUT2D eigenvalue weighted by atomic mass is 16.3. The van der Waals surface area contributed by atoms with Gasteiger partial charge in [0.25, 0.3) is 0 Å². The van der Waals surface area contributed by atoms with Crippen LogP contribution in [0.15, 0.2) is 24.3 Å². The highest BCUT2D eigenvalue weighted by Gasteiger charge is 1.99. The van der Waals surface area contributed by atoms with Gasteiger partial charge < -0.3 is 10.2 Å². The van der Waals surface area contributed by atoms with Gasteiger partial charge in [0.2, 0.25) is 0 Å². The van der Waals surface area contributed by atoms with Gasteiger partial charge in [0.1, 0.15) is 11.9 Å². The van der Waals surface area contributed by atoms with E-state index >= 15 is 0 Å². The molecule has 0 aliphatic rings. The van der Waals surface area contributed by atoms with E-state index in [1.807, 2.05) is 25.2 Å². The molecule has 0 amide bonds. The minimum Gasteiger partial charge on any atom is -0.508 e. The van der Waals surface area contributed by atoms with Crippen LogP contribution in [0.5, 0.6) is 5.75 Å². The second-order valence-corrected chi connectivity index (χ2v) is 4.76. The second kappa shape index (κ2) is 8.52. The number of aliphatic hydroxyl groups is 1. The Balaban J connectivity index is 0.000000557. The summed E-state index contributed by atoms with van der Waals surface area (Å²) in [6, 6.07) is 7.00. The van der Waals surface area contributed by atoms with Crippen molar-refractivity contribution in [1.82, 2.24) is 0 Å². The van der Waals surface area contributed by atoms with E-state index in [1.54, 1.807) is 12.1 Å². The first-order valence-electron chi connectivity index (χ1n) is 5.88. The Morgan fingerprint density at radius 1 is 1.06 bits per heavy atom. The molecule has 0 aliphatic carbocycles. The number of rotatable bonds is 2. The van der Waals surface area contributed by atoms with Crippen LogP contribution in [0.25, 0.3) is 0 Å². The molecule has 1 atom stereocenters. The summed E-state index contributed by atoms with van der Waals surface area (Å²) in [7, 11) is 0. The summed E-state index contributed by atoms with van der Waals surface area (Å²) >= 11 is 0. The first-order valence-corrected chi connectivity index (χ1v) is 5.88. The fraction of sp³-hybridized carbons (Fsp3) is 0.467. The molecule has 0 fully saturated rings. The van der Waals surface area contributed by atoms with Crippen molar-refractivity contribution in [3.05, 3.63) is 29.8 Å². The van der Waals surface area contributed by atoms with Crippen molar-refractivity contribution in [3.8, 4) is 17.8 Å². The van der Waals surface area contributed by atoms with E-state index in [0.717, 1.165) is 17.9 Å². The summed E-state index contributed by atoms with van der Waals surface area (Å²) in [4.78, 5) is 0.